The third-order valence-electron chi connectivity index (χ3n) is 3.10. The minimum absolute atomic E-state index is 0.0917. The number of aromatic hydroxyl groups is 1. The number of hydrogen-bond donors (Lipinski definition) is 3. The molecule has 0 aliphatic heterocycles. The van der Waals surface area contributed by atoms with Crippen LogP contribution < -0.4 is 5.32 Å². The molecule has 0 atom stereocenters. The van der Waals surface area contributed by atoms with Gasteiger partial charge in [0, 0.05) is 23.9 Å². The second-order valence-corrected chi connectivity index (χ2v) is 5.57. The first-order valence-electron chi connectivity index (χ1n) is 6.67. The van der Waals surface area contributed by atoms with Gasteiger partial charge in [-0.05, 0) is 38.3 Å². The van der Waals surface area contributed by atoms with Crippen molar-refractivity contribution in [3.63, 3.8) is 0 Å². The smallest absolute Gasteiger partial charge is 0.141 e. The van der Waals surface area contributed by atoms with E-state index in [4.69, 9.17) is 0 Å². The largest absolute Gasteiger partial charge is 0.506 e. The number of aliphatic hydroxyl groups is 1. The molecule has 0 saturated carbocycles. The SMILES string of the molecule is CSCCCCCNCc1c(CO)cnc(C)c1O. The van der Waals surface area contributed by atoms with E-state index in [9.17, 15) is 10.2 Å². The van der Waals surface area contributed by atoms with Crippen molar-refractivity contribution in [1.29, 1.82) is 0 Å². The summed E-state index contributed by atoms with van der Waals surface area (Å²) in [6.07, 6.45) is 7.38. The topological polar surface area (TPSA) is 65.4 Å². The number of nitrogens with zero attached hydrogens (tertiary/aromatic N) is 1. The summed E-state index contributed by atoms with van der Waals surface area (Å²) in [6.45, 7) is 3.18. The molecule has 1 rings (SSSR count). The van der Waals surface area contributed by atoms with Crippen molar-refractivity contribution in [2.24, 2.45) is 0 Å². The van der Waals surface area contributed by atoms with Crippen molar-refractivity contribution >= 4 is 11.8 Å². The number of hydrogen-bond acceptors (Lipinski definition) is 5. The van der Waals surface area contributed by atoms with Gasteiger partial charge in [-0.25, -0.2) is 0 Å². The molecular weight excluding hydrogens is 260 g/mol. The second kappa shape index (κ2) is 9.18. The molecule has 0 saturated heterocycles. The molecule has 0 radical (unpaired) electrons. The summed E-state index contributed by atoms with van der Waals surface area (Å²) < 4.78 is 0. The average Bonchev–Trinajstić information content (AvgIpc) is 2.42. The lowest BCUT2D eigenvalue weighted by Gasteiger charge is -2.12. The molecule has 1 aromatic heterocycles. The van der Waals surface area contributed by atoms with E-state index in [1.165, 1.54) is 18.6 Å². The summed E-state index contributed by atoms with van der Waals surface area (Å²) in [5.74, 6) is 1.42. The standard InChI is InChI=1S/C14H24N2O2S/c1-11-14(18)13(12(10-17)8-16-11)9-15-6-4-3-5-7-19-2/h8,15,17-18H,3-7,9-10H2,1-2H3. The van der Waals surface area contributed by atoms with Crippen LogP contribution in [0.2, 0.25) is 0 Å². The predicted octanol–water partition coefficient (Wildman–Crippen LogP) is 2.21. The van der Waals surface area contributed by atoms with E-state index in [-0.39, 0.29) is 12.4 Å². The summed E-state index contributed by atoms with van der Waals surface area (Å²) in [5, 5.41) is 22.5. The van der Waals surface area contributed by atoms with E-state index in [0.29, 0.717) is 17.8 Å². The van der Waals surface area contributed by atoms with E-state index in [1.54, 1.807) is 13.1 Å². The molecule has 0 aliphatic carbocycles. The monoisotopic (exact) mass is 284 g/mol. The van der Waals surface area contributed by atoms with Gasteiger partial charge in [0.15, 0.2) is 0 Å². The van der Waals surface area contributed by atoms with Crippen LogP contribution in [0.3, 0.4) is 0 Å². The van der Waals surface area contributed by atoms with Crippen molar-refractivity contribution in [2.45, 2.75) is 39.3 Å². The number of rotatable bonds is 9. The molecule has 4 nitrogen and oxygen atoms in total. The fraction of sp³-hybridized carbons (Fsp3) is 0.643. The fourth-order valence-electron chi connectivity index (χ4n) is 1.90. The van der Waals surface area contributed by atoms with Gasteiger partial charge in [-0.15, -0.1) is 0 Å². The minimum Gasteiger partial charge on any atom is -0.506 e. The zero-order valence-electron chi connectivity index (χ0n) is 11.8. The predicted molar refractivity (Wildman–Crippen MR) is 80.5 cm³/mol. The normalized spacial score (nSPS) is 10.9. The maximum Gasteiger partial charge on any atom is 0.141 e. The van der Waals surface area contributed by atoms with Gasteiger partial charge < -0.3 is 15.5 Å². The highest BCUT2D eigenvalue weighted by molar-refractivity contribution is 7.98. The molecule has 0 fully saturated rings. The van der Waals surface area contributed by atoms with Gasteiger partial charge in [-0.2, -0.15) is 11.8 Å². The number of aryl methyl sites for hydroxylation is 1. The Morgan fingerprint density at radius 3 is 2.79 bits per heavy atom. The van der Waals surface area contributed by atoms with Crippen LogP contribution in [0.4, 0.5) is 0 Å². The maximum atomic E-state index is 9.97. The summed E-state index contributed by atoms with van der Waals surface area (Å²) in [5.41, 5.74) is 2.06. The van der Waals surface area contributed by atoms with Crippen LogP contribution in [0.25, 0.3) is 0 Å². The molecule has 0 aliphatic rings. The molecular formula is C14H24N2O2S. The summed E-state index contributed by atoms with van der Waals surface area (Å²) in [7, 11) is 0. The van der Waals surface area contributed by atoms with Crippen LogP contribution in [-0.2, 0) is 13.2 Å². The van der Waals surface area contributed by atoms with Gasteiger partial charge in [0.2, 0.25) is 0 Å². The van der Waals surface area contributed by atoms with Crippen molar-refractivity contribution in [3.05, 3.63) is 23.0 Å². The molecule has 0 spiro atoms. The summed E-state index contributed by atoms with van der Waals surface area (Å²) in [6, 6.07) is 0. The molecule has 19 heavy (non-hydrogen) atoms. The molecule has 0 amide bonds. The van der Waals surface area contributed by atoms with E-state index in [0.717, 1.165) is 18.5 Å². The van der Waals surface area contributed by atoms with Gasteiger partial charge in [-0.1, -0.05) is 6.42 Å². The second-order valence-electron chi connectivity index (χ2n) is 4.58. The lowest BCUT2D eigenvalue weighted by atomic mass is 10.1. The molecule has 0 aromatic carbocycles. The zero-order valence-corrected chi connectivity index (χ0v) is 12.6. The van der Waals surface area contributed by atoms with Crippen LogP contribution >= 0.6 is 11.8 Å². The lowest BCUT2D eigenvalue weighted by Crippen LogP contribution is -2.16. The number of pyridine rings is 1. The first kappa shape index (κ1) is 16.3. The van der Waals surface area contributed by atoms with Crippen LogP contribution in [0, 0.1) is 6.92 Å². The fourth-order valence-corrected chi connectivity index (χ4v) is 2.40. The number of nitrogens with one attached hydrogen (secondary N) is 1. The van der Waals surface area contributed by atoms with Gasteiger partial charge >= 0.3 is 0 Å². The Hall–Kier alpha value is -0.780. The quantitative estimate of drug-likeness (QED) is 0.607. The van der Waals surface area contributed by atoms with Crippen molar-refractivity contribution < 1.29 is 10.2 Å². The molecule has 3 N–H and O–H groups in total. The molecule has 0 unspecified atom stereocenters. The number of aliphatic hydroxyl groups excluding tert-OH is 1. The van der Waals surface area contributed by atoms with Crippen molar-refractivity contribution in [2.75, 3.05) is 18.6 Å². The third-order valence-corrected chi connectivity index (χ3v) is 3.80. The molecule has 0 bridgehead atoms. The maximum absolute atomic E-state index is 9.97. The van der Waals surface area contributed by atoms with Gasteiger partial charge in [-0.3, -0.25) is 4.98 Å². The van der Waals surface area contributed by atoms with Gasteiger partial charge in [0.1, 0.15) is 5.75 Å². The van der Waals surface area contributed by atoms with Gasteiger partial charge in [0.05, 0.1) is 12.3 Å². The zero-order chi connectivity index (χ0) is 14.1. The third kappa shape index (κ3) is 5.38. The van der Waals surface area contributed by atoms with Crippen LogP contribution in [0.1, 0.15) is 36.1 Å². The first-order valence-corrected chi connectivity index (χ1v) is 8.07. The van der Waals surface area contributed by atoms with Crippen molar-refractivity contribution in [3.8, 4) is 5.75 Å². The van der Waals surface area contributed by atoms with Crippen molar-refractivity contribution in [1.82, 2.24) is 10.3 Å². The highest BCUT2D eigenvalue weighted by Gasteiger charge is 2.10. The minimum atomic E-state index is -0.0917. The average molecular weight is 284 g/mol. The van der Waals surface area contributed by atoms with E-state index in [2.05, 4.69) is 16.6 Å². The Bertz CT molecular complexity index is 386. The first-order chi connectivity index (χ1) is 9.20. The number of aromatic nitrogens is 1. The Labute approximate surface area is 119 Å². The highest BCUT2D eigenvalue weighted by Crippen LogP contribution is 2.23. The van der Waals surface area contributed by atoms with Crippen LogP contribution in [-0.4, -0.2) is 33.8 Å². The molecule has 1 heterocycles. The number of unbranched alkanes of at least 4 members (excludes halogenated alkanes) is 2. The van der Waals surface area contributed by atoms with Crippen LogP contribution in [0.15, 0.2) is 6.20 Å². The summed E-state index contributed by atoms with van der Waals surface area (Å²) >= 11 is 1.88. The van der Waals surface area contributed by atoms with Gasteiger partial charge in [0.25, 0.3) is 0 Å². The molecule has 5 heteroatoms. The number of thioether (sulfide) groups is 1. The Morgan fingerprint density at radius 1 is 1.32 bits per heavy atom. The Morgan fingerprint density at radius 2 is 2.11 bits per heavy atom. The van der Waals surface area contributed by atoms with E-state index < -0.39 is 0 Å². The van der Waals surface area contributed by atoms with Crippen LogP contribution in [0.5, 0.6) is 5.75 Å². The van der Waals surface area contributed by atoms with E-state index >= 15 is 0 Å². The molecule has 1 aromatic rings. The Kier molecular flexibility index (Phi) is 7.86. The highest BCUT2D eigenvalue weighted by atomic mass is 32.2. The molecule has 108 valence electrons. The van der Waals surface area contributed by atoms with E-state index in [1.807, 2.05) is 11.8 Å². The summed E-state index contributed by atoms with van der Waals surface area (Å²) in [4.78, 5) is 4.05. The lowest BCUT2D eigenvalue weighted by molar-refractivity contribution is 0.278. The Balaban J connectivity index is 2.38.